The summed E-state index contributed by atoms with van der Waals surface area (Å²) in [5, 5.41) is 0. The van der Waals surface area contributed by atoms with Crippen LogP contribution in [0.15, 0.2) is 54.0 Å². The Kier molecular flexibility index (Phi) is 8.58. The molecule has 1 aromatic heterocycles. The maximum Gasteiger partial charge on any atom is 0.354 e. The number of aromatic nitrogens is 1. The van der Waals surface area contributed by atoms with Gasteiger partial charge in [-0.1, -0.05) is 43.7 Å². The monoisotopic (exact) mass is 413 g/mol. The van der Waals surface area contributed by atoms with Crippen molar-refractivity contribution in [2.24, 2.45) is 0 Å². The molecule has 5 heteroatoms. The van der Waals surface area contributed by atoms with Crippen molar-refractivity contribution in [3.63, 3.8) is 0 Å². The van der Waals surface area contributed by atoms with Crippen LogP contribution in [0.2, 0.25) is 0 Å². The lowest BCUT2D eigenvalue weighted by Crippen LogP contribution is -2.03. The van der Waals surface area contributed by atoms with Crippen LogP contribution in [0, 0.1) is 0 Å². The number of hydrogen-bond donors (Lipinski definition) is 0. The fourth-order valence-electron chi connectivity index (χ4n) is 3.30. The summed E-state index contributed by atoms with van der Waals surface area (Å²) in [6.07, 6.45) is 3.67. The molecule has 0 aliphatic carbocycles. The first-order valence-electron chi connectivity index (χ1n) is 10.1. The first-order chi connectivity index (χ1) is 13.8. The predicted molar refractivity (Wildman–Crippen MR) is 122 cm³/mol. The quantitative estimate of drug-likeness (QED) is 0.405. The molecule has 0 spiro atoms. The van der Waals surface area contributed by atoms with Crippen molar-refractivity contribution >= 4 is 19.2 Å². The highest BCUT2D eigenvalue weighted by molar-refractivity contribution is 7.57. The van der Waals surface area contributed by atoms with E-state index in [2.05, 4.69) is 38.7 Å². The largest absolute Gasteiger partial charge is 0.354 e. The zero-order valence-electron chi connectivity index (χ0n) is 18.3. The molecule has 29 heavy (non-hydrogen) atoms. The number of nitrogens with zero attached hydrogens (tertiary/aromatic N) is 1. The molecule has 0 N–H and O–H groups in total. The van der Waals surface area contributed by atoms with Crippen LogP contribution in [0.1, 0.15) is 69.8 Å². The fraction of sp³-hybridized carbons (Fsp3) is 0.375. The van der Waals surface area contributed by atoms with E-state index in [1.165, 1.54) is 11.1 Å². The van der Waals surface area contributed by atoms with Crippen LogP contribution >= 0.6 is 7.60 Å². The van der Waals surface area contributed by atoms with Gasteiger partial charge in [-0.2, -0.15) is 0 Å². The van der Waals surface area contributed by atoms with E-state index in [-0.39, 0.29) is 0 Å². The molecule has 1 heterocycles. The summed E-state index contributed by atoms with van der Waals surface area (Å²) < 4.78 is 23.8. The van der Waals surface area contributed by atoms with Crippen molar-refractivity contribution in [2.75, 3.05) is 13.2 Å². The van der Waals surface area contributed by atoms with Gasteiger partial charge in [0.25, 0.3) is 0 Å². The normalized spacial score (nSPS) is 12.0. The van der Waals surface area contributed by atoms with Crippen LogP contribution in [0.4, 0.5) is 0 Å². The van der Waals surface area contributed by atoms with Gasteiger partial charge in [0.15, 0.2) is 0 Å². The molecular formula is C24H32NO3P. The number of pyridine rings is 1. The smallest absolute Gasteiger partial charge is 0.306 e. The summed E-state index contributed by atoms with van der Waals surface area (Å²) in [6, 6.07) is 12.2. The van der Waals surface area contributed by atoms with Gasteiger partial charge in [0.05, 0.1) is 18.9 Å². The third kappa shape index (κ3) is 5.99. The van der Waals surface area contributed by atoms with E-state index in [9.17, 15) is 4.57 Å². The SMILES string of the molecule is CCOP(=O)(/C=C/c1cccc(C(C)C)c1C(=C(C)C)c1ccccn1)OCC. The van der Waals surface area contributed by atoms with Gasteiger partial charge in [0.1, 0.15) is 0 Å². The van der Waals surface area contributed by atoms with Gasteiger partial charge < -0.3 is 9.05 Å². The molecule has 0 aliphatic rings. The maximum atomic E-state index is 12.9. The second-order valence-corrected chi connectivity index (χ2v) is 9.14. The Labute approximate surface area is 175 Å². The van der Waals surface area contributed by atoms with Crippen molar-refractivity contribution < 1.29 is 13.6 Å². The number of benzene rings is 1. The van der Waals surface area contributed by atoms with Gasteiger partial charge in [-0.05, 0) is 68.5 Å². The molecule has 0 radical (unpaired) electrons. The second kappa shape index (κ2) is 10.7. The molecule has 2 aromatic rings. The molecule has 2 rings (SSSR count). The van der Waals surface area contributed by atoms with Gasteiger partial charge >= 0.3 is 7.60 Å². The number of allylic oxidation sites excluding steroid dienone is 1. The highest BCUT2D eigenvalue weighted by Crippen LogP contribution is 2.50. The molecule has 1 aromatic carbocycles. The van der Waals surface area contributed by atoms with E-state index in [0.717, 1.165) is 22.4 Å². The summed E-state index contributed by atoms with van der Waals surface area (Å²) in [4.78, 5) is 4.60. The highest BCUT2D eigenvalue weighted by atomic mass is 31.2. The van der Waals surface area contributed by atoms with E-state index in [1.54, 1.807) is 5.82 Å². The molecule has 0 fully saturated rings. The molecule has 0 saturated heterocycles. The zero-order valence-corrected chi connectivity index (χ0v) is 19.2. The lowest BCUT2D eigenvalue weighted by molar-refractivity contribution is 0.229. The number of hydrogen-bond acceptors (Lipinski definition) is 4. The van der Waals surface area contributed by atoms with E-state index >= 15 is 0 Å². The second-order valence-electron chi connectivity index (χ2n) is 7.25. The minimum Gasteiger partial charge on any atom is -0.306 e. The van der Waals surface area contributed by atoms with Gasteiger partial charge in [0, 0.05) is 17.6 Å². The van der Waals surface area contributed by atoms with Gasteiger partial charge in [-0.3, -0.25) is 9.55 Å². The number of rotatable bonds is 9. The summed E-state index contributed by atoms with van der Waals surface area (Å²) >= 11 is 0. The predicted octanol–water partition coefficient (Wildman–Crippen LogP) is 7.28. The molecule has 0 saturated carbocycles. The van der Waals surface area contributed by atoms with E-state index < -0.39 is 7.60 Å². The fourth-order valence-corrected chi connectivity index (χ4v) is 4.61. The Morgan fingerprint density at radius 2 is 1.76 bits per heavy atom. The van der Waals surface area contributed by atoms with E-state index in [0.29, 0.717) is 19.1 Å². The average Bonchev–Trinajstić information content (AvgIpc) is 2.68. The van der Waals surface area contributed by atoms with Gasteiger partial charge in [-0.25, -0.2) is 0 Å². The molecule has 0 amide bonds. The molecule has 4 nitrogen and oxygen atoms in total. The molecule has 0 unspecified atom stereocenters. The Morgan fingerprint density at radius 1 is 1.07 bits per heavy atom. The lowest BCUT2D eigenvalue weighted by Gasteiger charge is -2.20. The van der Waals surface area contributed by atoms with Crippen LogP contribution < -0.4 is 0 Å². The topological polar surface area (TPSA) is 48.4 Å². The molecule has 0 aliphatic heterocycles. The first-order valence-corrected chi connectivity index (χ1v) is 11.7. The van der Waals surface area contributed by atoms with Crippen LogP contribution in [-0.2, 0) is 13.6 Å². The van der Waals surface area contributed by atoms with Crippen molar-refractivity contribution in [1.29, 1.82) is 0 Å². The average molecular weight is 413 g/mol. The third-order valence-electron chi connectivity index (χ3n) is 4.48. The molecule has 0 bridgehead atoms. The lowest BCUT2D eigenvalue weighted by atomic mass is 9.85. The van der Waals surface area contributed by atoms with Gasteiger partial charge in [-0.15, -0.1) is 0 Å². The van der Waals surface area contributed by atoms with Crippen LogP contribution in [0.5, 0.6) is 0 Å². The third-order valence-corrected chi connectivity index (χ3v) is 6.23. The van der Waals surface area contributed by atoms with Crippen molar-refractivity contribution in [3.8, 4) is 0 Å². The summed E-state index contributed by atoms with van der Waals surface area (Å²) in [5.74, 6) is 1.89. The maximum absolute atomic E-state index is 12.9. The van der Waals surface area contributed by atoms with Crippen molar-refractivity contribution in [2.45, 2.75) is 47.5 Å². The Hall–Kier alpha value is -2.00. The Balaban J connectivity index is 2.70. The molecule has 156 valence electrons. The molecule has 0 atom stereocenters. The summed E-state index contributed by atoms with van der Waals surface area (Å²) in [5.41, 5.74) is 6.49. The van der Waals surface area contributed by atoms with Crippen LogP contribution in [-0.4, -0.2) is 18.2 Å². The van der Waals surface area contributed by atoms with Crippen molar-refractivity contribution in [3.05, 3.63) is 76.4 Å². The molecular weight excluding hydrogens is 381 g/mol. The summed E-state index contributed by atoms with van der Waals surface area (Å²) in [6.45, 7) is 12.8. The standard InChI is InChI=1S/C24H32NO3P/c1-7-27-29(26,28-8-2)17-15-20-12-11-13-21(18(3)4)24(20)23(19(5)6)22-14-9-10-16-25-22/h9-18H,7-8H2,1-6H3/b17-15+. The van der Waals surface area contributed by atoms with Crippen LogP contribution in [0.25, 0.3) is 11.6 Å². The Bertz CT molecular complexity index is 903. The Morgan fingerprint density at radius 3 is 2.28 bits per heavy atom. The summed E-state index contributed by atoms with van der Waals surface area (Å²) in [7, 11) is -3.28. The van der Waals surface area contributed by atoms with E-state index in [4.69, 9.17) is 9.05 Å². The minimum atomic E-state index is -3.28. The first kappa shape index (κ1) is 23.3. The van der Waals surface area contributed by atoms with Crippen LogP contribution in [0.3, 0.4) is 0 Å². The minimum absolute atomic E-state index is 0.321. The van der Waals surface area contributed by atoms with Crippen molar-refractivity contribution in [1.82, 2.24) is 4.98 Å². The zero-order chi connectivity index (χ0) is 21.4. The van der Waals surface area contributed by atoms with Gasteiger partial charge in [0.2, 0.25) is 0 Å². The van der Waals surface area contributed by atoms with E-state index in [1.807, 2.05) is 56.5 Å². The highest BCUT2D eigenvalue weighted by Gasteiger charge is 2.21.